The van der Waals surface area contributed by atoms with Crippen LogP contribution < -0.4 is 10.5 Å². The maximum atomic E-state index is 12.2. The van der Waals surface area contributed by atoms with Crippen molar-refractivity contribution in [2.24, 2.45) is 10.1 Å². The monoisotopic (exact) mass is 391 g/mol. The molecular formula is C13H14ClN3O5S2. The number of aliphatic imine (C=N–C) groups is 1. The molecule has 0 bridgehead atoms. The number of carbonyl (C=O) groups excluding carboxylic acids is 2. The first kappa shape index (κ1) is 18.7. The number of nitrogens with zero attached hydrogens (tertiary/aromatic N) is 1. The molecular weight excluding hydrogens is 378 g/mol. The molecule has 1 aromatic rings. The van der Waals surface area contributed by atoms with Crippen LogP contribution in [0.25, 0.3) is 0 Å². The SMILES string of the molecule is COC(=O)CC1CSC(NC(=O)c2ccc(S(N)(=O)=O)cc2Cl)=N1. The fourth-order valence-corrected chi connectivity index (χ4v) is 3.69. The van der Waals surface area contributed by atoms with E-state index in [0.717, 1.165) is 6.07 Å². The molecule has 0 radical (unpaired) electrons. The van der Waals surface area contributed by atoms with Crippen molar-refractivity contribution in [3.05, 3.63) is 28.8 Å². The van der Waals surface area contributed by atoms with Gasteiger partial charge in [0.05, 0.1) is 35.1 Å². The first-order valence-electron chi connectivity index (χ1n) is 6.62. The zero-order valence-corrected chi connectivity index (χ0v) is 14.9. The van der Waals surface area contributed by atoms with E-state index in [0.29, 0.717) is 10.9 Å². The normalized spacial score (nSPS) is 17.3. The standard InChI is InChI=1S/C13H14ClN3O5S2/c1-22-11(18)4-7-6-23-13(16-7)17-12(19)9-3-2-8(5-10(9)14)24(15,20)21/h2-3,5,7H,4,6H2,1H3,(H2,15,20,21)(H,16,17,19). The first-order valence-corrected chi connectivity index (χ1v) is 9.53. The van der Waals surface area contributed by atoms with Crippen LogP contribution in [0, 0.1) is 0 Å². The van der Waals surface area contributed by atoms with Crippen LogP contribution in [0.4, 0.5) is 0 Å². The second kappa shape index (κ2) is 7.51. The van der Waals surface area contributed by atoms with Gasteiger partial charge in [0.15, 0.2) is 5.17 Å². The molecule has 1 aliphatic rings. The number of rotatable bonds is 4. The Bertz CT molecular complexity index is 810. The first-order chi connectivity index (χ1) is 11.2. The molecule has 1 unspecified atom stereocenters. The summed E-state index contributed by atoms with van der Waals surface area (Å²) in [6.45, 7) is 0. The number of hydrogen-bond acceptors (Lipinski definition) is 7. The van der Waals surface area contributed by atoms with E-state index in [-0.39, 0.29) is 33.9 Å². The van der Waals surface area contributed by atoms with Crippen molar-refractivity contribution in [2.45, 2.75) is 17.4 Å². The summed E-state index contributed by atoms with van der Waals surface area (Å²) in [5, 5.41) is 7.89. The van der Waals surface area contributed by atoms with Crippen LogP contribution >= 0.6 is 23.4 Å². The van der Waals surface area contributed by atoms with Gasteiger partial charge in [-0.05, 0) is 18.2 Å². The second-order valence-electron chi connectivity index (χ2n) is 4.82. The number of thioether (sulfide) groups is 1. The van der Waals surface area contributed by atoms with Gasteiger partial charge in [-0.3, -0.25) is 14.6 Å². The van der Waals surface area contributed by atoms with E-state index < -0.39 is 15.9 Å². The summed E-state index contributed by atoms with van der Waals surface area (Å²) in [7, 11) is -2.60. The van der Waals surface area contributed by atoms with Crippen molar-refractivity contribution in [3.8, 4) is 0 Å². The summed E-state index contributed by atoms with van der Waals surface area (Å²) < 4.78 is 27.1. The number of halogens is 1. The van der Waals surface area contributed by atoms with Crippen LogP contribution in [-0.2, 0) is 19.6 Å². The van der Waals surface area contributed by atoms with Crippen molar-refractivity contribution >= 4 is 50.4 Å². The lowest BCUT2D eigenvalue weighted by Gasteiger charge is -2.07. The number of nitrogens with two attached hydrogens (primary N) is 1. The molecule has 1 amide bonds. The van der Waals surface area contributed by atoms with Gasteiger partial charge in [0.2, 0.25) is 10.0 Å². The number of amides is 1. The molecule has 1 aliphatic heterocycles. The Morgan fingerprint density at radius 1 is 1.50 bits per heavy atom. The van der Waals surface area contributed by atoms with Crippen LogP contribution in [0.2, 0.25) is 5.02 Å². The summed E-state index contributed by atoms with van der Waals surface area (Å²) in [5.74, 6) is -0.368. The molecule has 0 fully saturated rings. The van der Waals surface area contributed by atoms with Crippen LogP contribution in [-0.4, -0.2) is 44.4 Å². The topological polar surface area (TPSA) is 128 Å². The molecule has 1 atom stereocenters. The highest BCUT2D eigenvalue weighted by atomic mass is 35.5. The van der Waals surface area contributed by atoms with E-state index in [1.165, 1.54) is 31.0 Å². The number of amidine groups is 1. The summed E-state index contributed by atoms with van der Waals surface area (Å²) in [6.07, 6.45) is 0.132. The van der Waals surface area contributed by atoms with Gasteiger partial charge in [-0.15, -0.1) is 0 Å². The number of carbonyl (C=O) groups is 2. The van der Waals surface area contributed by atoms with Crippen LogP contribution in [0.3, 0.4) is 0 Å². The van der Waals surface area contributed by atoms with E-state index in [4.69, 9.17) is 16.7 Å². The zero-order chi connectivity index (χ0) is 17.9. The zero-order valence-electron chi connectivity index (χ0n) is 12.5. The third-order valence-corrected chi connectivity index (χ3v) is 5.33. The molecule has 2 rings (SSSR count). The summed E-state index contributed by atoms with van der Waals surface area (Å²) >= 11 is 7.23. The number of nitrogens with one attached hydrogen (secondary N) is 1. The number of hydrogen-bond donors (Lipinski definition) is 2. The molecule has 0 aliphatic carbocycles. The van der Waals surface area contributed by atoms with E-state index in [1.807, 2.05) is 0 Å². The second-order valence-corrected chi connectivity index (χ2v) is 7.80. The lowest BCUT2D eigenvalue weighted by molar-refractivity contribution is -0.140. The molecule has 130 valence electrons. The lowest BCUT2D eigenvalue weighted by atomic mass is 10.2. The van der Waals surface area contributed by atoms with Gasteiger partial charge in [0.1, 0.15) is 0 Å². The van der Waals surface area contributed by atoms with Gasteiger partial charge in [0.25, 0.3) is 5.91 Å². The molecule has 0 saturated carbocycles. The van der Waals surface area contributed by atoms with Gasteiger partial charge >= 0.3 is 5.97 Å². The van der Waals surface area contributed by atoms with Crippen molar-refractivity contribution < 1.29 is 22.7 Å². The summed E-state index contributed by atoms with van der Waals surface area (Å²) in [4.78, 5) is 27.4. The minimum atomic E-state index is -3.90. The fourth-order valence-electron chi connectivity index (χ4n) is 1.89. The van der Waals surface area contributed by atoms with Crippen molar-refractivity contribution in [1.29, 1.82) is 0 Å². The Hall–Kier alpha value is -1.62. The minimum Gasteiger partial charge on any atom is -0.469 e. The largest absolute Gasteiger partial charge is 0.469 e. The fraction of sp³-hybridized carbons (Fsp3) is 0.308. The Balaban J connectivity index is 2.08. The minimum absolute atomic E-state index is 0.0475. The highest BCUT2D eigenvalue weighted by Crippen LogP contribution is 2.22. The number of primary sulfonamides is 1. The molecule has 1 heterocycles. The van der Waals surface area contributed by atoms with Gasteiger partial charge in [-0.2, -0.15) is 0 Å². The van der Waals surface area contributed by atoms with Crippen molar-refractivity contribution in [2.75, 3.05) is 12.9 Å². The van der Waals surface area contributed by atoms with E-state index in [9.17, 15) is 18.0 Å². The van der Waals surface area contributed by atoms with Gasteiger partial charge in [0, 0.05) is 5.75 Å². The number of benzene rings is 1. The molecule has 0 spiro atoms. The number of esters is 1. The maximum Gasteiger partial charge on any atom is 0.307 e. The van der Waals surface area contributed by atoms with Crippen molar-refractivity contribution in [1.82, 2.24) is 5.32 Å². The van der Waals surface area contributed by atoms with Crippen molar-refractivity contribution in [3.63, 3.8) is 0 Å². The average molecular weight is 392 g/mol. The van der Waals surface area contributed by atoms with Crippen LogP contribution in [0.15, 0.2) is 28.1 Å². The third-order valence-electron chi connectivity index (χ3n) is 3.08. The number of sulfonamides is 1. The van der Waals surface area contributed by atoms with Gasteiger partial charge < -0.3 is 10.1 Å². The Kier molecular flexibility index (Phi) is 5.86. The Morgan fingerprint density at radius 3 is 2.79 bits per heavy atom. The average Bonchev–Trinajstić information content (AvgIpc) is 2.92. The third kappa shape index (κ3) is 4.69. The summed E-state index contributed by atoms with van der Waals surface area (Å²) in [5.41, 5.74) is 0.0868. The molecule has 0 aromatic heterocycles. The van der Waals surface area contributed by atoms with Crippen LogP contribution in [0.5, 0.6) is 0 Å². The van der Waals surface area contributed by atoms with Gasteiger partial charge in [-0.25, -0.2) is 13.6 Å². The van der Waals surface area contributed by atoms with E-state index in [1.54, 1.807) is 0 Å². The Morgan fingerprint density at radius 2 is 2.21 bits per heavy atom. The van der Waals surface area contributed by atoms with E-state index in [2.05, 4.69) is 15.0 Å². The predicted octanol–water partition coefficient (Wildman–Crippen LogP) is 0.752. The molecule has 1 aromatic carbocycles. The van der Waals surface area contributed by atoms with E-state index >= 15 is 0 Å². The molecule has 3 N–H and O–H groups in total. The Labute approximate surface area is 147 Å². The maximum absolute atomic E-state index is 12.2. The molecule has 0 saturated heterocycles. The highest BCUT2D eigenvalue weighted by Gasteiger charge is 2.24. The molecule has 24 heavy (non-hydrogen) atoms. The number of methoxy groups -OCH3 is 1. The molecule has 11 heteroatoms. The molecule has 8 nitrogen and oxygen atoms in total. The lowest BCUT2D eigenvalue weighted by Crippen LogP contribution is -2.27. The highest BCUT2D eigenvalue weighted by molar-refractivity contribution is 8.14. The van der Waals surface area contributed by atoms with Crippen LogP contribution in [0.1, 0.15) is 16.8 Å². The summed E-state index contributed by atoms with van der Waals surface area (Å²) in [6, 6.07) is 3.30. The predicted molar refractivity (Wildman–Crippen MR) is 90.6 cm³/mol. The number of ether oxygens (including phenoxy) is 1. The quantitative estimate of drug-likeness (QED) is 0.729. The van der Waals surface area contributed by atoms with Gasteiger partial charge in [-0.1, -0.05) is 23.4 Å². The smallest absolute Gasteiger partial charge is 0.307 e.